The minimum atomic E-state index is -3.35. The molecule has 0 aliphatic carbocycles. The minimum absolute atomic E-state index is 0.191. The number of carbonyl (C=O) groups excluding carboxylic acids is 2. The third-order valence-electron chi connectivity index (χ3n) is 3.18. The van der Waals surface area contributed by atoms with Gasteiger partial charge in [-0.05, 0) is 29.8 Å². The predicted molar refractivity (Wildman–Crippen MR) is 100 cm³/mol. The second-order valence-corrected chi connectivity index (χ2v) is 7.27. The first kappa shape index (κ1) is 19.3. The summed E-state index contributed by atoms with van der Waals surface area (Å²) in [6.45, 7) is 0.174. The maximum absolute atomic E-state index is 11.8. The molecule has 0 saturated heterocycles. The fourth-order valence-electron chi connectivity index (χ4n) is 2.04. The number of urea groups is 1. The summed E-state index contributed by atoms with van der Waals surface area (Å²) in [5.74, 6) is -0.399. The molecule has 0 saturated carbocycles. The lowest BCUT2D eigenvalue weighted by Crippen LogP contribution is -2.39. The Bertz CT molecular complexity index is 852. The van der Waals surface area contributed by atoms with Crippen molar-refractivity contribution in [2.45, 2.75) is 6.54 Å². The van der Waals surface area contributed by atoms with Crippen LogP contribution in [0.15, 0.2) is 54.6 Å². The van der Waals surface area contributed by atoms with E-state index in [2.05, 4.69) is 20.7 Å². The number of hydrogen-bond donors (Lipinski definition) is 4. The molecule has 0 spiro atoms. The van der Waals surface area contributed by atoms with Gasteiger partial charge >= 0.3 is 6.03 Å². The molecule has 0 bridgehead atoms. The van der Waals surface area contributed by atoms with Crippen LogP contribution in [0.1, 0.15) is 5.56 Å². The van der Waals surface area contributed by atoms with Crippen molar-refractivity contribution in [3.05, 3.63) is 60.2 Å². The number of carbonyl (C=O) groups is 2. The lowest BCUT2D eigenvalue weighted by molar-refractivity contribution is -0.115. The average Bonchev–Trinajstić information content (AvgIpc) is 2.59. The summed E-state index contributed by atoms with van der Waals surface area (Å²) in [5, 5.41) is 7.72. The largest absolute Gasteiger partial charge is 0.334 e. The second-order valence-electron chi connectivity index (χ2n) is 5.52. The van der Waals surface area contributed by atoms with Crippen LogP contribution in [-0.2, 0) is 21.4 Å². The predicted octanol–water partition coefficient (Wildman–Crippen LogP) is 1.50. The highest BCUT2D eigenvalue weighted by Crippen LogP contribution is 2.14. The Morgan fingerprint density at radius 1 is 0.885 bits per heavy atom. The van der Waals surface area contributed by atoms with E-state index in [1.807, 2.05) is 30.3 Å². The molecule has 0 aliphatic rings. The molecule has 4 N–H and O–H groups in total. The monoisotopic (exact) mass is 376 g/mol. The summed E-state index contributed by atoms with van der Waals surface area (Å²) >= 11 is 0. The summed E-state index contributed by atoms with van der Waals surface area (Å²) in [5.41, 5.74) is 1.83. The van der Waals surface area contributed by atoms with Crippen LogP contribution < -0.4 is 20.7 Å². The highest BCUT2D eigenvalue weighted by atomic mass is 32.2. The molecule has 0 heterocycles. The Morgan fingerprint density at radius 2 is 1.50 bits per heavy atom. The topological polar surface area (TPSA) is 116 Å². The normalized spacial score (nSPS) is 10.7. The van der Waals surface area contributed by atoms with E-state index >= 15 is 0 Å². The Morgan fingerprint density at radius 3 is 2.12 bits per heavy atom. The van der Waals surface area contributed by atoms with Crippen LogP contribution in [0.4, 0.5) is 16.2 Å². The number of hydrogen-bond acceptors (Lipinski definition) is 4. The van der Waals surface area contributed by atoms with E-state index in [-0.39, 0.29) is 6.54 Å². The molecule has 2 aromatic carbocycles. The van der Waals surface area contributed by atoms with Gasteiger partial charge in [-0.1, -0.05) is 30.3 Å². The van der Waals surface area contributed by atoms with Crippen LogP contribution in [0.25, 0.3) is 0 Å². The van der Waals surface area contributed by atoms with Crippen molar-refractivity contribution in [2.75, 3.05) is 22.8 Å². The summed E-state index contributed by atoms with van der Waals surface area (Å²) in [6, 6.07) is 15.1. The quantitative estimate of drug-likeness (QED) is 0.586. The van der Waals surface area contributed by atoms with Crippen molar-refractivity contribution >= 4 is 33.3 Å². The highest BCUT2D eigenvalue weighted by Gasteiger charge is 2.06. The zero-order chi connectivity index (χ0) is 19.0. The Balaban J connectivity index is 1.73. The first-order valence-corrected chi connectivity index (χ1v) is 9.64. The van der Waals surface area contributed by atoms with Crippen LogP contribution in [0.3, 0.4) is 0 Å². The van der Waals surface area contributed by atoms with Gasteiger partial charge in [0.1, 0.15) is 0 Å². The van der Waals surface area contributed by atoms with Crippen LogP contribution >= 0.6 is 0 Å². The van der Waals surface area contributed by atoms with E-state index in [1.165, 1.54) is 12.1 Å². The zero-order valence-electron chi connectivity index (χ0n) is 14.2. The van der Waals surface area contributed by atoms with Crippen molar-refractivity contribution in [1.82, 2.24) is 10.6 Å². The van der Waals surface area contributed by atoms with Gasteiger partial charge in [-0.2, -0.15) is 0 Å². The maximum Gasteiger partial charge on any atom is 0.315 e. The van der Waals surface area contributed by atoms with Gasteiger partial charge in [-0.3, -0.25) is 9.52 Å². The maximum atomic E-state index is 11.8. The number of anilines is 2. The van der Waals surface area contributed by atoms with E-state index in [9.17, 15) is 18.0 Å². The standard InChI is InChI=1S/C17H20N4O4S/c1-26(24,25)21-15-9-7-14(8-10-15)20-16(22)12-19-17(23)18-11-13-5-3-2-4-6-13/h2-10,21H,11-12H2,1H3,(H,20,22)(H2,18,19,23). The van der Waals surface area contributed by atoms with E-state index < -0.39 is 22.0 Å². The average molecular weight is 376 g/mol. The van der Waals surface area contributed by atoms with E-state index in [0.29, 0.717) is 17.9 Å². The van der Waals surface area contributed by atoms with Crippen LogP contribution in [0.2, 0.25) is 0 Å². The first-order valence-electron chi connectivity index (χ1n) is 7.75. The van der Waals surface area contributed by atoms with Gasteiger partial charge in [0.05, 0.1) is 12.8 Å². The molecule has 8 nitrogen and oxygen atoms in total. The summed E-state index contributed by atoms with van der Waals surface area (Å²) in [4.78, 5) is 23.5. The fourth-order valence-corrected chi connectivity index (χ4v) is 2.61. The smallest absolute Gasteiger partial charge is 0.315 e. The van der Waals surface area contributed by atoms with Crippen molar-refractivity contribution in [3.8, 4) is 0 Å². The molecule has 0 aliphatic heterocycles. The third-order valence-corrected chi connectivity index (χ3v) is 3.78. The number of nitrogens with one attached hydrogen (secondary N) is 4. The number of sulfonamides is 1. The third kappa shape index (κ3) is 7.22. The molecule has 0 fully saturated rings. The molecule has 0 aromatic heterocycles. The SMILES string of the molecule is CS(=O)(=O)Nc1ccc(NC(=O)CNC(=O)NCc2ccccc2)cc1. The summed E-state index contributed by atoms with van der Waals surface area (Å²) < 4.78 is 24.6. The molecule has 3 amide bonds. The summed E-state index contributed by atoms with van der Waals surface area (Å²) in [7, 11) is -3.35. The van der Waals surface area contributed by atoms with Crippen LogP contribution in [0.5, 0.6) is 0 Å². The van der Waals surface area contributed by atoms with Crippen molar-refractivity contribution in [3.63, 3.8) is 0 Å². The van der Waals surface area contributed by atoms with Gasteiger partial charge < -0.3 is 16.0 Å². The summed E-state index contributed by atoms with van der Waals surface area (Å²) in [6.07, 6.45) is 1.05. The second kappa shape index (κ2) is 8.86. The Kier molecular flexibility index (Phi) is 6.56. The lowest BCUT2D eigenvalue weighted by Gasteiger charge is -2.09. The molecule has 138 valence electrons. The van der Waals surface area contributed by atoms with Crippen LogP contribution in [-0.4, -0.2) is 33.2 Å². The van der Waals surface area contributed by atoms with Gasteiger partial charge in [0, 0.05) is 17.9 Å². The van der Waals surface area contributed by atoms with Crippen LogP contribution in [0, 0.1) is 0 Å². The lowest BCUT2D eigenvalue weighted by atomic mass is 10.2. The van der Waals surface area contributed by atoms with E-state index in [4.69, 9.17) is 0 Å². The van der Waals surface area contributed by atoms with Crippen molar-refractivity contribution < 1.29 is 18.0 Å². The van der Waals surface area contributed by atoms with Gasteiger partial charge in [0.2, 0.25) is 15.9 Å². The molecular formula is C17H20N4O4S. The van der Waals surface area contributed by atoms with Gasteiger partial charge in [-0.15, -0.1) is 0 Å². The molecule has 2 rings (SSSR count). The highest BCUT2D eigenvalue weighted by molar-refractivity contribution is 7.92. The fraction of sp³-hybridized carbons (Fsp3) is 0.176. The number of rotatable bonds is 7. The first-order chi connectivity index (χ1) is 12.3. The van der Waals surface area contributed by atoms with E-state index in [1.54, 1.807) is 12.1 Å². The molecule has 0 atom stereocenters. The van der Waals surface area contributed by atoms with Crippen molar-refractivity contribution in [1.29, 1.82) is 0 Å². The molecule has 2 aromatic rings. The van der Waals surface area contributed by atoms with E-state index in [0.717, 1.165) is 11.8 Å². The molecule has 0 radical (unpaired) electrons. The van der Waals surface area contributed by atoms with Gasteiger partial charge in [-0.25, -0.2) is 13.2 Å². The number of benzene rings is 2. The number of amides is 3. The molecular weight excluding hydrogens is 356 g/mol. The molecule has 0 unspecified atom stereocenters. The minimum Gasteiger partial charge on any atom is -0.334 e. The molecule has 26 heavy (non-hydrogen) atoms. The Labute approximate surface area is 152 Å². The van der Waals surface area contributed by atoms with Crippen molar-refractivity contribution in [2.24, 2.45) is 0 Å². The Hall–Kier alpha value is -3.07. The van der Waals surface area contributed by atoms with Gasteiger partial charge in [0.15, 0.2) is 0 Å². The van der Waals surface area contributed by atoms with Gasteiger partial charge in [0.25, 0.3) is 0 Å². The molecule has 9 heteroatoms. The zero-order valence-corrected chi connectivity index (χ0v) is 15.0.